The number of unbranched alkanes of at least 4 members (excludes halogenated alkanes) is 9. The van der Waals surface area contributed by atoms with E-state index in [4.69, 9.17) is 5.11 Å². The van der Waals surface area contributed by atoms with Gasteiger partial charge >= 0.3 is 5.97 Å². The van der Waals surface area contributed by atoms with Crippen molar-refractivity contribution in [3.05, 3.63) is 6.92 Å². The minimum atomic E-state index is -0.680. The number of carbonyl (C=O) groups is 1. The van der Waals surface area contributed by atoms with E-state index in [0.717, 1.165) is 12.8 Å². The molecule has 0 saturated carbocycles. The molecule has 1 N–H and O–H groups in total. The fraction of sp³-hybridized carbons (Fsp3) is 0.875. The standard InChI is InChI=1S/C16H31O2/c1-3-5-6-7-8-9-10-11-12-13-14-15(4-2)16(17)18/h15H,2-14H2,1H3,(H,17,18). The molecule has 0 fully saturated rings. The number of carboxylic acids is 1. The molecule has 1 unspecified atom stereocenters. The van der Waals surface area contributed by atoms with E-state index in [1.807, 2.05) is 0 Å². The van der Waals surface area contributed by atoms with Crippen molar-refractivity contribution in [2.75, 3.05) is 0 Å². The molecule has 0 rings (SSSR count). The molecule has 0 bridgehead atoms. The number of hydrogen-bond acceptors (Lipinski definition) is 1. The SMILES string of the molecule is [CH2]CC(CCCCCCCCCCCC)C(=O)O. The summed E-state index contributed by atoms with van der Waals surface area (Å²) in [5, 5.41) is 8.88. The lowest BCUT2D eigenvalue weighted by Gasteiger charge is -2.08. The van der Waals surface area contributed by atoms with Gasteiger partial charge in [0.2, 0.25) is 0 Å². The maximum absolute atomic E-state index is 10.8. The monoisotopic (exact) mass is 255 g/mol. The zero-order valence-corrected chi connectivity index (χ0v) is 12.1. The van der Waals surface area contributed by atoms with Crippen molar-refractivity contribution >= 4 is 5.97 Å². The summed E-state index contributed by atoms with van der Waals surface area (Å²) in [6.45, 7) is 5.94. The van der Waals surface area contributed by atoms with E-state index in [1.54, 1.807) is 0 Å². The Kier molecular flexibility index (Phi) is 12.5. The molecule has 0 heterocycles. The number of aliphatic carboxylic acids is 1. The predicted molar refractivity (Wildman–Crippen MR) is 77.6 cm³/mol. The van der Waals surface area contributed by atoms with Gasteiger partial charge in [-0.3, -0.25) is 4.79 Å². The van der Waals surface area contributed by atoms with Gasteiger partial charge in [-0.25, -0.2) is 0 Å². The minimum Gasteiger partial charge on any atom is -0.481 e. The van der Waals surface area contributed by atoms with Gasteiger partial charge in [0.05, 0.1) is 5.92 Å². The summed E-state index contributed by atoms with van der Waals surface area (Å²) in [6, 6.07) is 0. The zero-order valence-electron chi connectivity index (χ0n) is 12.1. The summed E-state index contributed by atoms with van der Waals surface area (Å²) < 4.78 is 0. The molecule has 0 aromatic rings. The molecule has 2 heteroatoms. The second-order valence-electron chi connectivity index (χ2n) is 5.29. The van der Waals surface area contributed by atoms with Crippen LogP contribution in [0.2, 0.25) is 0 Å². The summed E-state index contributed by atoms with van der Waals surface area (Å²) in [5.74, 6) is -0.903. The van der Waals surface area contributed by atoms with Gasteiger partial charge in [-0.05, 0) is 12.8 Å². The van der Waals surface area contributed by atoms with Crippen molar-refractivity contribution < 1.29 is 9.90 Å². The molecule has 107 valence electrons. The van der Waals surface area contributed by atoms with Crippen molar-refractivity contribution in [3.63, 3.8) is 0 Å². The fourth-order valence-corrected chi connectivity index (χ4v) is 2.27. The van der Waals surface area contributed by atoms with Crippen LogP contribution in [0.4, 0.5) is 0 Å². The molecular weight excluding hydrogens is 224 g/mol. The van der Waals surface area contributed by atoms with Gasteiger partial charge in [-0.15, -0.1) is 0 Å². The third-order valence-electron chi connectivity index (χ3n) is 3.60. The number of carboxylic acid groups (broad SMARTS) is 1. The van der Waals surface area contributed by atoms with Gasteiger partial charge < -0.3 is 5.11 Å². The van der Waals surface area contributed by atoms with Crippen molar-refractivity contribution in [1.29, 1.82) is 0 Å². The lowest BCUT2D eigenvalue weighted by Crippen LogP contribution is -2.12. The van der Waals surface area contributed by atoms with Crippen LogP contribution in [0.1, 0.15) is 84.0 Å². The van der Waals surface area contributed by atoms with Crippen LogP contribution >= 0.6 is 0 Å². The molecule has 1 radical (unpaired) electrons. The van der Waals surface area contributed by atoms with Gasteiger partial charge in [0, 0.05) is 0 Å². The van der Waals surface area contributed by atoms with E-state index in [1.165, 1.54) is 57.8 Å². The quantitative estimate of drug-likeness (QED) is 0.458. The Morgan fingerprint density at radius 1 is 0.944 bits per heavy atom. The van der Waals surface area contributed by atoms with Gasteiger partial charge in [-0.1, -0.05) is 78.1 Å². The van der Waals surface area contributed by atoms with Gasteiger partial charge in [0.25, 0.3) is 0 Å². The highest BCUT2D eigenvalue weighted by Gasteiger charge is 2.13. The molecule has 0 aliphatic heterocycles. The number of rotatable bonds is 13. The first-order valence-corrected chi connectivity index (χ1v) is 7.74. The summed E-state index contributed by atoms with van der Waals surface area (Å²) in [5.41, 5.74) is 0. The molecule has 2 nitrogen and oxygen atoms in total. The van der Waals surface area contributed by atoms with Crippen molar-refractivity contribution in [3.8, 4) is 0 Å². The Hall–Kier alpha value is -0.530. The molecule has 0 amide bonds. The van der Waals surface area contributed by atoms with Gasteiger partial charge in [0.1, 0.15) is 0 Å². The average Bonchev–Trinajstić information content (AvgIpc) is 2.35. The molecule has 1 atom stereocenters. The normalized spacial score (nSPS) is 12.6. The molecule has 0 aliphatic rings. The summed E-state index contributed by atoms with van der Waals surface area (Å²) in [6.07, 6.45) is 14.3. The van der Waals surface area contributed by atoms with E-state index in [-0.39, 0.29) is 5.92 Å². The molecule has 0 spiro atoms. The third kappa shape index (κ3) is 10.6. The largest absolute Gasteiger partial charge is 0.481 e. The van der Waals surface area contributed by atoms with E-state index in [0.29, 0.717) is 6.42 Å². The molecule has 0 saturated heterocycles. The van der Waals surface area contributed by atoms with E-state index < -0.39 is 5.97 Å². The van der Waals surface area contributed by atoms with Crippen LogP contribution in [0.15, 0.2) is 0 Å². The van der Waals surface area contributed by atoms with Crippen LogP contribution < -0.4 is 0 Å². The van der Waals surface area contributed by atoms with Crippen molar-refractivity contribution in [1.82, 2.24) is 0 Å². The maximum atomic E-state index is 10.8. The lowest BCUT2D eigenvalue weighted by molar-refractivity contribution is -0.141. The van der Waals surface area contributed by atoms with Crippen LogP contribution in [0, 0.1) is 12.8 Å². The topological polar surface area (TPSA) is 37.3 Å². The highest BCUT2D eigenvalue weighted by Crippen LogP contribution is 2.15. The van der Waals surface area contributed by atoms with E-state index >= 15 is 0 Å². The summed E-state index contributed by atoms with van der Waals surface area (Å²) in [4.78, 5) is 10.8. The first kappa shape index (κ1) is 17.5. The third-order valence-corrected chi connectivity index (χ3v) is 3.60. The first-order chi connectivity index (χ1) is 8.72. The fourth-order valence-electron chi connectivity index (χ4n) is 2.27. The molecule has 0 aromatic carbocycles. The van der Waals surface area contributed by atoms with E-state index in [2.05, 4.69) is 13.8 Å². The second kappa shape index (κ2) is 12.9. The first-order valence-electron chi connectivity index (χ1n) is 7.74. The maximum Gasteiger partial charge on any atom is 0.306 e. The van der Waals surface area contributed by atoms with Crippen LogP contribution in [0.25, 0.3) is 0 Å². The van der Waals surface area contributed by atoms with Crippen LogP contribution in [-0.2, 0) is 4.79 Å². The van der Waals surface area contributed by atoms with Crippen LogP contribution in [0.5, 0.6) is 0 Å². The Labute approximate surface area is 113 Å². The van der Waals surface area contributed by atoms with E-state index in [9.17, 15) is 4.79 Å². The van der Waals surface area contributed by atoms with Crippen LogP contribution in [0.3, 0.4) is 0 Å². The Bertz CT molecular complexity index is 190. The van der Waals surface area contributed by atoms with Crippen LogP contribution in [-0.4, -0.2) is 11.1 Å². The molecular formula is C16H31O2. The summed E-state index contributed by atoms with van der Waals surface area (Å²) in [7, 11) is 0. The smallest absolute Gasteiger partial charge is 0.306 e. The Balaban J connectivity index is 3.18. The molecule has 0 aromatic heterocycles. The Morgan fingerprint density at radius 3 is 1.78 bits per heavy atom. The number of hydrogen-bond donors (Lipinski definition) is 1. The van der Waals surface area contributed by atoms with Gasteiger partial charge in [0.15, 0.2) is 0 Å². The lowest BCUT2D eigenvalue weighted by atomic mass is 9.98. The van der Waals surface area contributed by atoms with Crippen molar-refractivity contribution in [2.24, 2.45) is 5.92 Å². The highest BCUT2D eigenvalue weighted by atomic mass is 16.4. The summed E-state index contributed by atoms with van der Waals surface area (Å²) >= 11 is 0. The molecule has 0 aliphatic carbocycles. The predicted octanol–water partition coefficient (Wildman–Crippen LogP) is 5.22. The minimum absolute atomic E-state index is 0.223. The Morgan fingerprint density at radius 2 is 1.39 bits per heavy atom. The average molecular weight is 255 g/mol. The van der Waals surface area contributed by atoms with Crippen molar-refractivity contribution in [2.45, 2.75) is 84.0 Å². The van der Waals surface area contributed by atoms with Gasteiger partial charge in [-0.2, -0.15) is 0 Å². The highest BCUT2D eigenvalue weighted by molar-refractivity contribution is 5.69. The zero-order chi connectivity index (χ0) is 13.6. The molecule has 18 heavy (non-hydrogen) atoms. The second-order valence-corrected chi connectivity index (χ2v) is 5.29.